The molecule has 1 aliphatic heterocycles. The van der Waals surface area contributed by atoms with Gasteiger partial charge in [0.2, 0.25) is 0 Å². The average Bonchev–Trinajstić information content (AvgIpc) is 3.48. The molecular formula is C34H34N4O5. The van der Waals surface area contributed by atoms with E-state index in [1.165, 1.54) is 0 Å². The monoisotopic (exact) mass is 578 g/mol. The van der Waals surface area contributed by atoms with E-state index in [4.69, 9.17) is 4.74 Å². The highest BCUT2D eigenvalue weighted by atomic mass is 16.5. The van der Waals surface area contributed by atoms with Crippen molar-refractivity contribution in [3.05, 3.63) is 118 Å². The number of aliphatic hydroxyl groups is 1. The maximum Gasteiger partial charge on any atom is 0.256 e. The van der Waals surface area contributed by atoms with Crippen LogP contribution in [0.5, 0.6) is 5.75 Å². The van der Waals surface area contributed by atoms with E-state index in [1.807, 2.05) is 37.3 Å². The van der Waals surface area contributed by atoms with Crippen molar-refractivity contribution < 1.29 is 24.2 Å². The first kappa shape index (κ1) is 29.3. The normalized spacial score (nSPS) is 14.5. The Morgan fingerprint density at radius 3 is 2.47 bits per heavy atom. The minimum atomic E-state index is -0.916. The van der Waals surface area contributed by atoms with E-state index in [0.717, 1.165) is 5.56 Å². The highest BCUT2D eigenvalue weighted by Crippen LogP contribution is 2.35. The smallest absolute Gasteiger partial charge is 0.256 e. The summed E-state index contributed by atoms with van der Waals surface area (Å²) in [5, 5.41) is 19.3. The maximum atomic E-state index is 13.2. The molecule has 5 N–H and O–H groups in total. The average molecular weight is 579 g/mol. The molecular weight excluding hydrogens is 544 g/mol. The second-order valence-corrected chi connectivity index (χ2v) is 10.5. The van der Waals surface area contributed by atoms with E-state index in [-0.39, 0.29) is 30.3 Å². The van der Waals surface area contributed by atoms with E-state index >= 15 is 0 Å². The second-order valence-electron chi connectivity index (χ2n) is 10.5. The Hall–Kier alpha value is -5.15. The number of benzene rings is 3. The van der Waals surface area contributed by atoms with Crippen LogP contribution < -0.4 is 20.7 Å². The number of hydrogen-bond acceptors (Lipinski definition) is 5. The molecule has 0 aliphatic carbocycles. The van der Waals surface area contributed by atoms with Crippen molar-refractivity contribution in [2.45, 2.75) is 32.9 Å². The number of rotatable bonds is 9. The third-order valence-electron chi connectivity index (χ3n) is 7.64. The number of aryl methyl sites for hydroxylation is 1. The molecule has 0 saturated carbocycles. The van der Waals surface area contributed by atoms with Crippen molar-refractivity contribution in [1.82, 2.24) is 15.6 Å². The van der Waals surface area contributed by atoms with E-state index < -0.39 is 6.10 Å². The number of nitrogens with one attached hydrogen (secondary N) is 4. The third-order valence-corrected chi connectivity index (χ3v) is 7.64. The molecule has 0 bridgehead atoms. The lowest BCUT2D eigenvalue weighted by Crippen LogP contribution is -2.29. The van der Waals surface area contributed by atoms with Gasteiger partial charge in [0, 0.05) is 34.7 Å². The Morgan fingerprint density at radius 1 is 0.977 bits per heavy atom. The highest BCUT2D eigenvalue weighted by molar-refractivity contribution is 6.35. The molecule has 2 heterocycles. The molecule has 1 aliphatic rings. The Balaban J connectivity index is 1.34. The molecule has 3 aromatic carbocycles. The number of methoxy groups -OCH3 is 1. The number of amides is 3. The summed E-state index contributed by atoms with van der Waals surface area (Å²) >= 11 is 0. The Kier molecular flexibility index (Phi) is 8.45. The molecule has 220 valence electrons. The SMILES string of the molecule is COc1cccc(C(O)CNC(=O)c2c(C)[nH]c(/C=C3\C(=O)Nc4ccc(C(=O)NC(C)c5ccccc5)cc43)c2C)c1. The molecule has 2 atom stereocenters. The summed E-state index contributed by atoms with van der Waals surface area (Å²) in [7, 11) is 1.55. The largest absolute Gasteiger partial charge is 0.497 e. The minimum absolute atomic E-state index is 0.00992. The van der Waals surface area contributed by atoms with E-state index in [1.54, 1.807) is 69.5 Å². The van der Waals surface area contributed by atoms with Crippen LogP contribution in [0.4, 0.5) is 5.69 Å². The molecule has 0 saturated heterocycles. The summed E-state index contributed by atoms with van der Waals surface area (Å²) in [5.74, 6) is -0.283. The minimum Gasteiger partial charge on any atom is -0.497 e. The first-order chi connectivity index (χ1) is 20.7. The summed E-state index contributed by atoms with van der Waals surface area (Å²) < 4.78 is 5.21. The fraction of sp³-hybridized carbons (Fsp3) is 0.206. The van der Waals surface area contributed by atoms with Crippen LogP contribution in [0.2, 0.25) is 0 Å². The summed E-state index contributed by atoms with van der Waals surface area (Å²) in [6, 6.07) is 21.6. The van der Waals surface area contributed by atoms with Crippen molar-refractivity contribution in [2.24, 2.45) is 0 Å². The highest BCUT2D eigenvalue weighted by Gasteiger charge is 2.27. The summed E-state index contributed by atoms with van der Waals surface area (Å²) in [5.41, 5.74) is 5.95. The number of hydrogen-bond donors (Lipinski definition) is 5. The van der Waals surface area contributed by atoms with Crippen LogP contribution in [0, 0.1) is 13.8 Å². The van der Waals surface area contributed by atoms with Crippen molar-refractivity contribution >= 4 is 35.1 Å². The van der Waals surface area contributed by atoms with Gasteiger partial charge in [-0.3, -0.25) is 14.4 Å². The van der Waals surface area contributed by atoms with Crippen LogP contribution in [0.1, 0.15) is 73.4 Å². The summed E-state index contributed by atoms with van der Waals surface area (Å²) in [6.07, 6.45) is 0.778. The molecule has 0 spiro atoms. The van der Waals surface area contributed by atoms with Gasteiger partial charge in [0.25, 0.3) is 17.7 Å². The van der Waals surface area contributed by atoms with Crippen molar-refractivity contribution in [2.75, 3.05) is 19.0 Å². The zero-order valence-electron chi connectivity index (χ0n) is 24.4. The van der Waals surface area contributed by atoms with Crippen molar-refractivity contribution in [3.63, 3.8) is 0 Å². The van der Waals surface area contributed by atoms with Gasteiger partial charge in [-0.1, -0.05) is 42.5 Å². The molecule has 5 rings (SSSR count). The molecule has 9 nitrogen and oxygen atoms in total. The number of aliphatic hydroxyl groups excluding tert-OH is 1. The lowest BCUT2D eigenvalue weighted by molar-refractivity contribution is -0.110. The van der Waals surface area contributed by atoms with Crippen LogP contribution in [-0.2, 0) is 4.79 Å². The van der Waals surface area contributed by atoms with Crippen molar-refractivity contribution in [1.29, 1.82) is 0 Å². The van der Waals surface area contributed by atoms with Gasteiger partial charge in [-0.15, -0.1) is 0 Å². The lowest BCUT2D eigenvalue weighted by Gasteiger charge is -2.14. The lowest BCUT2D eigenvalue weighted by atomic mass is 10.0. The number of ether oxygens (including phenoxy) is 1. The standard InChI is InChI=1S/C34H34N4O5/c1-19-29(36-21(3)31(19)34(42)35-18-30(39)23-11-8-12-25(15-23)43-4)17-27-26-16-24(13-14-28(26)38-33(27)41)32(40)37-20(2)22-9-6-5-7-10-22/h5-17,20,30,36,39H,18H2,1-4H3,(H,35,42)(H,37,40)(H,38,41)/b27-17-. The summed E-state index contributed by atoms with van der Waals surface area (Å²) in [4.78, 5) is 42.4. The molecule has 0 radical (unpaired) electrons. The van der Waals surface area contributed by atoms with Gasteiger partial charge < -0.3 is 30.8 Å². The molecule has 9 heteroatoms. The third kappa shape index (κ3) is 6.22. The molecule has 3 amide bonds. The van der Waals surface area contributed by atoms with Crippen LogP contribution in [-0.4, -0.2) is 41.5 Å². The van der Waals surface area contributed by atoms with Gasteiger partial charge in [0.15, 0.2) is 0 Å². The fourth-order valence-corrected chi connectivity index (χ4v) is 5.23. The van der Waals surface area contributed by atoms with E-state index in [9.17, 15) is 19.5 Å². The Labute approximate surface area is 250 Å². The number of anilines is 1. The predicted molar refractivity (Wildman–Crippen MR) is 166 cm³/mol. The van der Waals surface area contributed by atoms with E-state index in [2.05, 4.69) is 20.9 Å². The molecule has 4 aromatic rings. The van der Waals surface area contributed by atoms with Gasteiger partial charge >= 0.3 is 0 Å². The fourth-order valence-electron chi connectivity index (χ4n) is 5.23. The van der Waals surface area contributed by atoms with Gasteiger partial charge in [-0.05, 0) is 73.9 Å². The molecule has 0 fully saturated rings. The van der Waals surface area contributed by atoms with Gasteiger partial charge in [0.1, 0.15) is 5.75 Å². The van der Waals surface area contributed by atoms with E-state index in [0.29, 0.717) is 56.2 Å². The topological polar surface area (TPSA) is 133 Å². The van der Waals surface area contributed by atoms with Crippen molar-refractivity contribution in [3.8, 4) is 5.75 Å². The zero-order valence-corrected chi connectivity index (χ0v) is 24.4. The van der Waals surface area contributed by atoms with Gasteiger partial charge in [0.05, 0.1) is 30.4 Å². The number of H-pyrrole nitrogens is 1. The van der Waals surface area contributed by atoms with Crippen LogP contribution in [0.3, 0.4) is 0 Å². The Bertz CT molecular complexity index is 1720. The zero-order chi connectivity index (χ0) is 30.7. The number of fused-ring (bicyclic) bond motifs is 1. The molecule has 43 heavy (non-hydrogen) atoms. The van der Waals surface area contributed by atoms with Gasteiger partial charge in [-0.2, -0.15) is 0 Å². The molecule has 1 aromatic heterocycles. The van der Waals surface area contributed by atoms with Gasteiger partial charge in [-0.25, -0.2) is 0 Å². The number of carbonyl (C=O) groups is 3. The maximum absolute atomic E-state index is 13.2. The Morgan fingerprint density at radius 2 is 1.72 bits per heavy atom. The van der Waals surface area contributed by atoms with Crippen LogP contribution in [0.25, 0.3) is 11.6 Å². The van der Waals surface area contributed by atoms with Crippen LogP contribution in [0.15, 0.2) is 72.8 Å². The predicted octanol–water partition coefficient (Wildman–Crippen LogP) is 5.09. The second kappa shape index (κ2) is 12.4. The van der Waals surface area contributed by atoms with Crippen LogP contribution >= 0.6 is 0 Å². The first-order valence-electron chi connectivity index (χ1n) is 14.0. The molecule has 2 unspecified atom stereocenters. The summed E-state index contributed by atoms with van der Waals surface area (Å²) in [6.45, 7) is 5.50. The number of aromatic nitrogens is 1. The first-order valence-corrected chi connectivity index (χ1v) is 14.0. The number of aromatic amines is 1. The number of carbonyl (C=O) groups excluding carboxylic acids is 3. The quantitative estimate of drug-likeness (QED) is 0.177.